The number of para-hydroxylation sites is 2. The van der Waals surface area contributed by atoms with Crippen LogP contribution >= 0.6 is 11.8 Å². The third kappa shape index (κ3) is 2.59. The molecule has 0 unspecified atom stereocenters. The van der Waals surface area contributed by atoms with Crippen molar-refractivity contribution in [3.8, 4) is 0 Å². The molecule has 3 aromatic rings. The van der Waals surface area contributed by atoms with Crippen molar-refractivity contribution in [3.63, 3.8) is 0 Å². The fraction of sp³-hybridized carbons (Fsp3) is 0.190. The Bertz CT molecular complexity index is 930. The Labute approximate surface area is 147 Å². The van der Waals surface area contributed by atoms with Crippen LogP contribution in [0.2, 0.25) is 0 Å². The molecular formula is C21H21N2S+. The fourth-order valence-corrected chi connectivity index (χ4v) is 4.40. The lowest BCUT2D eigenvalue weighted by Crippen LogP contribution is -2.28. The lowest BCUT2D eigenvalue weighted by molar-refractivity contribution is -0.644. The molecule has 0 saturated heterocycles. The van der Waals surface area contributed by atoms with Crippen LogP contribution in [0.1, 0.15) is 18.9 Å². The molecule has 3 heteroatoms. The Kier molecular flexibility index (Phi) is 4.03. The number of thioether (sulfide) groups is 1. The quantitative estimate of drug-likeness (QED) is 0.624. The van der Waals surface area contributed by atoms with Crippen molar-refractivity contribution in [2.45, 2.75) is 18.2 Å². The monoisotopic (exact) mass is 333 g/mol. The number of benzene rings is 2. The summed E-state index contributed by atoms with van der Waals surface area (Å²) in [5.41, 5.74) is 3.87. The van der Waals surface area contributed by atoms with Crippen molar-refractivity contribution < 1.29 is 4.57 Å². The van der Waals surface area contributed by atoms with Crippen LogP contribution in [0.15, 0.2) is 70.7 Å². The van der Waals surface area contributed by atoms with Gasteiger partial charge in [-0.15, -0.1) is 0 Å². The molecule has 2 nitrogen and oxygen atoms in total. The second kappa shape index (κ2) is 6.33. The molecule has 0 fully saturated rings. The predicted octanol–water partition coefficient (Wildman–Crippen LogP) is 4.99. The van der Waals surface area contributed by atoms with E-state index in [1.54, 1.807) is 0 Å². The minimum atomic E-state index is 1.05. The number of nitrogens with zero attached hydrogens (tertiary/aromatic N) is 2. The van der Waals surface area contributed by atoms with Crippen molar-refractivity contribution in [3.05, 3.63) is 71.4 Å². The second-order valence-electron chi connectivity index (χ2n) is 6.10. The zero-order chi connectivity index (χ0) is 16.5. The number of hydrogen-bond donors (Lipinski definition) is 0. The van der Waals surface area contributed by atoms with E-state index in [1.165, 1.54) is 32.1 Å². The average molecular weight is 333 g/mol. The first-order valence-electron chi connectivity index (χ1n) is 8.41. The Morgan fingerprint density at radius 2 is 1.83 bits per heavy atom. The largest absolute Gasteiger partial charge is 0.335 e. The molecule has 2 heterocycles. The molecule has 0 bridgehead atoms. The highest BCUT2D eigenvalue weighted by molar-refractivity contribution is 8.03. The van der Waals surface area contributed by atoms with E-state index >= 15 is 0 Å². The molecule has 1 aliphatic rings. The van der Waals surface area contributed by atoms with Gasteiger partial charge in [0.25, 0.3) is 0 Å². The zero-order valence-electron chi connectivity index (χ0n) is 14.1. The van der Waals surface area contributed by atoms with Crippen molar-refractivity contribution in [2.75, 3.05) is 11.4 Å². The van der Waals surface area contributed by atoms with Crippen molar-refractivity contribution in [1.29, 1.82) is 0 Å². The van der Waals surface area contributed by atoms with Crippen LogP contribution in [-0.2, 0) is 7.05 Å². The third-order valence-electron chi connectivity index (χ3n) is 4.44. The van der Waals surface area contributed by atoms with Gasteiger partial charge in [-0.1, -0.05) is 43.0 Å². The van der Waals surface area contributed by atoms with E-state index in [1.807, 2.05) is 11.8 Å². The molecule has 0 amide bonds. The maximum atomic E-state index is 2.45. The molecule has 1 aliphatic heterocycles. The highest BCUT2D eigenvalue weighted by Crippen LogP contribution is 2.46. The molecule has 0 N–H and O–H groups in total. The number of hydrogen-bond acceptors (Lipinski definition) is 2. The maximum Gasteiger partial charge on any atom is 0.212 e. The summed E-state index contributed by atoms with van der Waals surface area (Å²) in [6.45, 7) is 3.29. The van der Waals surface area contributed by atoms with E-state index in [0.717, 1.165) is 13.0 Å². The highest BCUT2D eigenvalue weighted by atomic mass is 32.2. The molecule has 120 valence electrons. The second-order valence-corrected chi connectivity index (χ2v) is 7.17. The molecule has 24 heavy (non-hydrogen) atoms. The van der Waals surface area contributed by atoms with Crippen LogP contribution in [0.4, 0.5) is 5.69 Å². The summed E-state index contributed by atoms with van der Waals surface area (Å²) in [5.74, 6) is 0. The smallest absolute Gasteiger partial charge is 0.212 e. The van der Waals surface area contributed by atoms with Gasteiger partial charge in [-0.25, -0.2) is 4.57 Å². The Morgan fingerprint density at radius 3 is 2.71 bits per heavy atom. The summed E-state index contributed by atoms with van der Waals surface area (Å²) < 4.78 is 2.18. The van der Waals surface area contributed by atoms with E-state index in [0.29, 0.717) is 0 Å². The Hall–Kier alpha value is -2.26. The van der Waals surface area contributed by atoms with E-state index in [-0.39, 0.29) is 0 Å². The summed E-state index contributed by atoms with van der Waals surface area (Å²) in [6, 6.07) is 19.5. The molecule has 0 radical (unpaired) electrons. The van der Waals surface area contributed by atoms with Gasteiger partial charge >= 0.3 is 0 Å². The topological polar surface area (TPSA) is 7.12 Å². The van der Waals surface area contributed by atoms with Crippen molar-refractivity contribution in [1.82, 2.24) is 0 Å². The standard InChI is InChI=1S/C21H21N2S/c1-3-13-23-19-10-6-7-11-20(19)24-21(23)15-16-12-14-22(2)18-9-5-4-8-17(16)18/h4-12,14-15H,3,13H2,1-2H3/q+1. The van der Waals surface area contributed by atoms with Gasteiger partial charge in [0.2, 0.25) is 5.52 Å². The van der Waals surface area contributed by atoms with Crippen LogP contribution in [-0.4, -0.2) is 6.54 Å². The van der Waals surface area contributed by atoms with Gasteiger partial charge in [0, 0.05) is 23.6 Å². The first-order valence-corrected chi connectivity index (χ1v) is 9.23. The lowest BCUT2D eigenvalue weighted by atomic mass is 10.1. The van der Waals surface area contributed by atoms with E-state index in [4.69, 9.17) is 0 Å². The zero-order valence-corrected chi connectivity index (χ0v) is 14.9. The number of fused-ring (bicyclic) bond motifs is 2. The van der Waals surface area contributed by atoms with E-state index in [9.17, 15) is 0 Å². The van der Waals surface area contributed by atoms with Gasteiger partial charge in [-0.3, -0.25) is 0 Å². The lowest BCUT2D eigenvalue weighted by Gasteiger charge is -2.19. The normalized spacial score (nSPS) is 15.2. The number of anilines is 1. The van der Waals surface area contributed by atoms with Gasteiger partial charge in [-0.05, 0) is 36.3 Å². The molecule has 4 rings (SSSR count). The maximum absolute atomic E-state index is 2.45. The summed E-state index contributed by atoms with van der Waals surface area (Å²) in [7, 11) is 2.10. The van der Waals surface area contributed by atoms with Gasteiger partial charge in [0.05, 0.1) is 16.1 Å². The first kappa shape index (κ1) is 15.3. The van der Waals surface area contributed by atoms with Crippen LogP contribution in [0, 0.1) is 0 Å². The molecule has 0 spiro atoms. The molecule has 0 aliphatic carbocycles. The van der Waals surface area contributed by atoms with E-state index in [2.05, 4.69) is 90.3 Å². The van der Waals surface area contributed by atoms with Crippen LogP contribution in [0.25, 0.3) is 17.0 Å². The highest BCUT2D eigenvalue weighted by Gasteiger charge is 2.24. The summed E-state index contributed by atoms with van der Waals surface area (Å²) in [4.78, 5) is 3.80. The number of pyridine rings is 1. The number of aromatic nitrogens is 1. The fourth-order valence-electron chi connectivity index (χ4n) is 3.26. The van der Waals surface area contributed by atoms with Crippen molar-refractivity contribution >= 4 is 34.4 Å². The van der Waals surface area contributed by atoms with Gasteiger partial charge in [0.1, 0.15) is 7.05 Å². The molecular weight excluding hydrogens is 312 g/mol. The van der Waals surface area contributed by atoms with Gasteiger partial charge < -0.3 is 4.90 Å². The summed E-state index contributed by atoms with van der Waals surface area (Å²) in [5, 5.41) is 2.61. The third-order valence-corrected chi connectivity index (χ3v) is 5.55. The van der Waals surface area contributed by atoms with Crippen LogP contribution < -0.4 is 9.47 Å². The molecule has 1 aromatic heterocycles. The Morgan fingerprint density at radius 1 is 1.04 bits per heavy atom. The average Bonchev–Trinajstić information content (AvgIpc) is 2.96. The number of rotatable bonds is 3. The van der Waals surface area contributed by atoms with Gasteiger partial charge in [0.15, 0.2) is 6.20 Å². The minimum Gasteiger partial charge on any atom is -0.335 e. The minimum absolute atomic E-state index is 1.05. The first-order chi connectivity index (χ1) is 11.8. The van der Waals surface area contributed by atoms with E-state index < -0.39 is 0 Å². The van der Waals surface area contributed by atoms with Crippen molar-refractivity contribution in [2.24, 2.45) is 7.05 Å². The molecule has 0 saturated carbocycles. The van der Waals surface area contributed by atoms with Crippen LogP contribution in [0.5, 0.6) is 0 Å². The van der Waals surface area contributed by atoms with Crippen LogP contribution in [0.3, 0.4) is 0 Å². The number of aryl methyl sites for hydroxylation is 1. The SMILES string of the molecule is CCCN1/C(=C/c2cc[n+](C)c3ccccc23)Sc2ccccc21. The summed E-state index contributed by atoms with van der Waals surface area (Å²) >= 11 is 1.87. The molecule has 2 aromatic carbocycles. The Balaban J connectivity index is 1.83. The van der Waals surface area contributed by atoms with Gasteiger partial charge in [-0.2, -0.15) is 0 Å². The molecule has 0 atom stereocenters. The predicted molar refractivity (Wildman–Crippen MR) is 103 cm³/mol. The summed E-state index contributed by atoms with van der Waals surface area (Å²) in [6.07, 6.45) is 5.62.